The van der Waals surface area contributed by atoms with E-state index in [0.29, 0.717) is 18.0 Å². The van der Waals surface area contributed by atoms with E-state index in [-0.39, 0.29) is 12.0 Å². The molecule has 1 saturated carbocycles. The summed E-state index contributed by atoms with van der Waals surface area (Å²) in [6.45, 7) is 0.631. The molecule has 1 aromatic heterocycles. The van der Waals surface area contributed by atoms with Crippen LogP contribution in [0, 0.1) is 5.92 Å². The molecule has 19 heavy (non-hydrogen) atoms. The predicted octanol–water partition coefficient (Wildman–Crippen LogP) is 1.74. The summed E-state index contributed by atoms with van der Waals surface area (Å²) >= 11 is 0. The van der Waals surface area contributed by atoms with Crippen molar-refractivity contribution in [3.8, 4) is 0 Å². The maximum Gasteiger partial charge on any atom is 0.252 e. The number of carbonyl (C=O) groups excluding carboxylic acids is 1. The lowest BCUT2D eigenvalue weighted by Gasteiger charge is -2.31. The lowest BCUT2D eigenvalue weighted by molar-refractivity contribution is 0.0420. The molecule has 4 heteroatoms. The van der Waals surface area contributed by atoms with E-state index in [1.165, 1.54) is 0 Å². The molecule has 3 rings (SSSR count). The average Bonchev–Trinajstić information content (AvgIpc) is 2.41. The molecule has 2 aromatic rings. The lowest BCUT2D eigenvalue weighted by Crippen LogP contribution is -2.38. The number of fused-ring (bicyclic) bond motifs is 1. The zero-order chi connectivity index (χ0) is 13.2. The van der Waals surface area contributed by atoms with Gasteiger partial charge in [-0.2, -0.15) is 0 Å². The molecule has 1 aliphatic rings. The summed E-state index contributed by atoms with van der Waals surface area (Å²) in [6.07, 6.45) is 3.06. The number of carbonyl (C=O) groups is 1. The van der Waals surface area contributed by atoms with E-state index in [1.807, 2.05) is 24.3 Å². The van der Waals surface area contributed by atoms with Gasteiger partial charge in [0, 0.05) is 18.1 Å². The van der Waals surface area contributed by atoms with Gasteiger partial charge >= 0.3 is 0 Å². The molecule has 1 fully saturated rings. The maximum absolute atomic E-state index is 12.2. The van der Waals surface area contributed by atoms with Crippen LogP contribution in [0.1, 0.15) is 23.2 Å². The largest absolute Gasteiger partial charge is 0.393 e. The molecule has 98 valence electrons. The van der Waals surface area contributed by atoms with Gasteiger partial charge in [-0.25, -0.2) is 0 Å². The summed E-state index contributed by atoms with van der Waals surface area (Å²) in [5.41, 5.74) is 1.49. The van der Waals surface area contributed by atoms with Crippen LogP contribution in [0.3, 0.4) is 0 Å². The highest BCUT2D eigenvalue weighted by Gasteiger charge is 2.27. The second kappa shape index (κ2) is 4.97. The summed E-state index contributed by atoms with van der Waals surface area (Å²) in [5, 5.41) is 13.0. The standard InChI is InChI=1S/C15H16N2O2/c18-11-7-10(8-11)9-17-15(19)13-5-6-16-14-4-2-1-3-12(13)14/h1-6,10-11,18H,7-9H2,(H,17,19). The summed E-state index contributed by atoms with van der Waals surface area (Å²) in [7, 11) is 0. The van der Waals surface area contributed by atoms with E-state index in [2.05, 4.69) is 10.3 Å². The molecule has 1 amide bonds. The van der Waals surface area contributed by atoms with E-state index in [9.17, 15) is 9.90 Å². The number of hydrogen-bond donors (Lipinski definition) is 2. The van der Waals surface area contributed by atoms with Crippen molar-refractivity contribution in [2.75, 3.05) is 6.54 Å². The first-order chi connectivity index (χ1) is 9.24. The minimum atomic E-state index is -0.177. The van der Waals surface area contributed by atoms with Gasteiger partial charge in [0.2, 0.25) is 0 Å². The number of nitrogens with one attached hydrogen (secondary N) is 1. The quantitative estimate of drug-likeness (QED) is 0.879. The number of para-hydroxylation sites is 1. The fourth-order valence-electron chi connectivity index (χ4n) is 2.49. The van der Waals surface area contributed by atoms with Gasteiger partial charge in [0.05, 0.1) is 17.2 Å². The highest BCUT2D eigenvalue weighted by Crippen LogP contribution is 2.26. The molecule has 0 radical (unpaired) electrons. The second-order valence-corrected chi connectivity index (χ2v) is 5.08. The fourth-order valence-corrected chi connectivity index (χ4v) is 2.49. The Bertz CT molecular complexity index is 601. The fraction of sp³-hybridized carbons (Fsp3) is 0.333. The third-order valence-corrected chi connectivity index (χ3v) is 3.66. The first-order valence-electron chi connectivity index (χ1n) is 6.54. The Labute approximate surface area is 111 Å². The van der Waals surface area contributed by atoms with Crippen molar-refractivity contribution in [1.82, 2.24) is 10.3 Å². The molecule has 0 saturated heterocycles. The normalized spacial score (nSPS) is 21.9. The van der Waals surface area contributed by atoms with Gasteiger partial charge in [0.1, 0.15) is 0 Å². The highest BCUT2D eigenvalue weighted by molar-refractivity contribution is 6.05. The van der Waals surface area contributed by atoms with Crippen LogP contribution in [0.4, 0.5) is 0 Å². The van der Waals surface area contributed by atoms with Crippen LogP contribution in [0.5, 0.6) is 0 Å². The number of hydrogen-bond acceptors (Lipinski definition) is 3. The molecule has 0 atom stereocenters. The summed E-state index contributed by atoms with van der Waals surface area (Å²) < 4.78 is 0. The minimum absolute atomic E-state index is 0.0695. The van der Waals surface area contributed by atoms with Crippen LogP contribution in [-0.2, 0) is 0 Å². The highest BCUT2D eigenvalue weighted by atomic mass is 16.3. The molecule has 4 nitrogen and oxygen atoms in total. The number of aliphatic hydroxyl groups excluding tert-OH is 1. The number of benzene rings is 1. The van der Waals surface area contributed by atoms with Crippen molar-refractivity contribution in [1.29, 1.82) is 0 Å². The van der Waals surface area contributed by atoms with Crippen LogP contribution in [-0.4, -0.2) is 28.6 Å². The van der Waals surface area contributed by atoms with Crippen molar-refractivity contribution in [3.63, 3.8) is 0 Å². The first kappa shape index (κ1) is 12.1. The van der Waals surface area contributed by atoms with Gasteiger partial charge in [-0.1, -0.05) is 18.2 Å². The Morgan fingerprint density at radius 1 is 1.32 bits per heavy atom. The van der Waals surface area contributed by atoms with Crippen molar-refractivity contribution in [2.45, 2.75) is 18.9 Å². The second-order valence-electron chi connectivity index (χ2n) is 5.08. The predicted molar refractivity (Wildman–Crippen MR) is 72.8 cm³/mol. The van der Waals surface area contributed by atoms with E-state index in [0.717, 1.165) is 23.7 Å². The Morgan fingerprint density at radius 3 is 2.89 bits per heavy atom. The van der Waals surface area contributed by atoms with Crippen LogP contribution in [0.15, 0.2) is 36.5 Å². The smallest absolute Gasteiger partial charge is 0.252 e. The van der Waals surface area contributed by atoms with Gasteiger partial charge in [-0.15, -0.1) is 0 Å². The van der Waals surface area contributed by atoms with E-state index in [1.54, 1.807) is 12.3 Å². The number of aliphatic hydroxyl groups is 1. The van der Waals surface area contributed by atoms with Crippen LogP contribution in [0.2, 0.25) is 0 Å². The zero-order valence-electron chi connectivity index (χ0n) is 10.5. The van der Waals surface area contributed by atoms with Gasteiger partial charge in [0.15, 0.2) is 0 Å². The molecule has 0 bridgehead atoms. The summed E-state index contributed by atoms with van der Waals surface area (Å²) in [5.74, 6) is 0.340. The number of pyridine rings is 1. The molecule has 0 spiro atoms. The Kier molecular flexibility index (Phi) is 3.17. The Morgan fingerprint density at radius 2 is 2.11 bits per heavy atom. The first-order valence-corrected chi connectivity index (χ1v) is 6.54. The summed E-state index contributed by atoms with van der Waals surface area (Å²) in [4.78, 5) is 16.4. The molecule has 0 unspecified atom stereocenters. The van der Waals surface area contributed by atoms with Gasteiger partial charge in [-0.3, -0.25) is 9.78 Å². The average molecular weight is 256 g/mol. The van der Waals surface area contributed by atoms with Gasteiger partial charge < -0.3 is 10.4 Å². The van der Waals surface area contributed by atoms with Crippen LogP contribution >= 0.6 is 0 Å². The third-order valence-electron chi connectivity index (χ3n) is 3.66. The number of amides is 1. The topological polar surface area (TPSA) is 62.2 Å². The Hall–Kier alpha value is -1.94. The minimum Gasteiger partial charge on any atom is -0.393 e. The molecular formula is C15H16N2O2. The van der Waals surface area contributed by atoms with Crippen LogP contribution in [0.25, 0.3) is 10.9 Å². The molecular weight excluding hydrogens is 240 g/mol. The molecule has 1 aliphatic carbocycles. The number of aromatic nitrogens is 1. The molecule has 2 N–H and O–H groups in total. The summed E-state index contributed by atoms with van der Waals surface area (Å²) in [6, 6.07) is 9.36. The van der Waals surface area contributed by atoms with E-state index in [4.69, 9.17) is 0 Å². The molecule has 1 heterocycles. The lowest BCUT2D eigenvalue weighted by atomic mass is 9.82. The van der Waals surface area contributed by atoms with E-state index < -0.39 is 0 Å². The van der Waals surface area contributed by atoms with Crippen molar-refractivity contribution >= 4 is 16.8 Å². The zero-order valence-corrected chi connectivity index (χ0v) is 10.5. The maximum atomic E-state index is 12.2. The SMILES string of the molecule is O=C(NCC1CC(O)C1)c1ccnc2ccccc12. The van der Waals surface area contributed by atoms with Crippen molar-refractivity contribution in [3.05, 3.63) is 42.1 Å². The van der Waals surface area contributed by atoms with Gasteiger partial charge in [0.25, 0.3) is 5.91 Å². The number of rotatable bonds is 3. The van der Waals surface area contributed by atoms with Crippen molar-refractivity contribution < 1.29 is 9.90 Å². The van der Waals surface area contributed by atoms with E-state index >= 15 is 0 Å². The molecule has 0 aliphatic heterocycles. The van der Waals surface area contributed by atoms with Gasteiger partial charge in [-0.05, 0) is 30.9 Å². The Balaban J connectivity index is 1.74. The third kappa shape index (κ3) is 2.44. The van der Waals surface area contributed by atoms with Crippen molar-refractivity contribution in [2.24, 2.45) is 5.92 Å². The monoisotopic (exact) mass is 256 g/mol. The number of nitrogens with zero attached hydrogens (tertiary/aromatic N) is 1. The molecule has 1 aromatic carbocycles. The van der Waals surface area contributed by atoms with Crippen LogP contribution < -0.4 is 5.32 Å².